The summed E-state index contributed by atoms with van der Waals surface area (Å²) < 4.78 is 1.54. The molecule has 2 aromatic carbocycles. The monoisotopic (exact) mass is 442 g/mol. The smallest absolute Gasteiger partial charge is 1.00 e. The zero-order valence-electron chi connectivity index (χ0n) is 14.2. The van der Waals surface area contributed by atoms with E-state index in [0.717, 1.165) is 0 Å². The van der Waals surface area contributed by atoms with Crippen molar-refractivity contribution in [3.63, 3.8) is 0 Å². The minimum absolute atomic E-state index is 0. The summed E-state index contributed by atoms with van der Waals surface area (Å²) in [6, 6.07) is 23.6. The van der Waals surface area contributed by atoms with E-state index in [1.165, 1.54) is 34.4 Å². The Morgan fingerprint density at radius 2 is 1.40 bits per heavy atom. The number of hydrogen-bond acceptors (Lipinski definition) is 0. The van der Waals surface area contributed by atoms with Gasteiger partial charge >= 0.3 is 146 Å². The van der Waals surface area contributed by atoms with Crippen LogP contribution in [0.3, 0.4) is 0 Å². The standard InChI is InChI=1S/C20H21Si.3ClH.Ti/c1-16-15-17-9-5-6-12-19(17)20(16)21(13-7-8-14-21)18-10-3-2-4-11-18;;;;/h2-6,9-12,20H,7-8,13-14H2,1H3;3*1H;/q;;;;+3/p-3. The first-order valence-corrected chi connectivity index (χ1v) is 11.6. The SMILES string of the molecule is CC1=[C]([Ti+3])c2ccccc2C1[Si]1(c2ccccc2)CCCC1.[Cl-].[Cl-].[Cl-]. The Morgan fingerprint density at radius 1 is 0.840 bits per heavy atom. The Balaban J connectivity index is 0.00000104. The van der Waals surface area contributed by atoms with Crippen LogP contribution in [-0.4, -0.2) is 8.07 Å². The third-order valence-corrected chi connectivity index (χ3v) is 12.6. The zero-order valence-corrected chi connectivity index (χ0v) is 19.1. The van der Waals surface area contributed by atoms with Crippen LogP contribution in [-0.2, 0) is 20.4 Å². The van der Waals surface area contributed by atoms with Crippen LogP contribution in [0.4, 0.5) is 0 Å². The van der Waals surface area contributed by atoms with Crippen LogP contribution in [0.25, 0.3) is 3.88 Å². The molecule has 4 rings (SSSR count). The Morgan fingerprint density at radius 3 is 2.04 bits per heavy atom. The molecule has 0 saturated carbocycles. The van der Waals surface area contributed by atoms with Gasteiger partial charge in [0.25, 0.3) is 0 Å². The number of halogens is 3. The average Bonchev–Trinajstić information content (AvgIpc) is 3.14. The van der Waals surface area contributed by atoms with Gasteiger partial charge in [-0.25, -0.2) is 0 Å². The van der Waals surface area contributed by atoms with Crippen molar-refractivity contribution in [3.8, 4) is 0 Å². The van der Waals surface area contributed by atoms with Crippen molar-refractivity contribution < 1.29 is 57.7 Å². The van der Waals surface area contributed by atoms with E-state index in [-0.39, 0.29) is 37.2 Å². The van der Waals surface area contributed by atoms with Gasteiger partial charge in [-0.15, -0.1) is 0 Å². The second-order valence-corrected chi connectivity index (χ2v) is 12.1. The maximum Gasteiger partial charge on any atom is -1.00 e. The van der Waals surface area contributed by atoms with Crippen molar-refractivity contribution in [2.75, 3.05) is 0 Å². The van der Waals surface area contributed by atoms with Gasteiger partial charge in [-0.3, -0.25) is 0 Å². The van der Waals surface area contributed by atoms with Gasteiger partial charge in [-0.1, -0.05) is 0 Å². The zero-order chi connectivity index (χ0) is 15.2. The average molecular weight is 444 g/mol. The maximum absolute atomic E-state index is 2.42. The second-order valence-electron chi connectivity index (χ2n) is 6.81. The van der Waals surface area contributed by atoms with E-state index < -0.39 is 8.07 Å². The predicted octanol–water partition coefficient (Wildman–Crippen LogP) is -4.24. The molecule has 0 amide bonds. The first-order valence-electron chi connectivity index (χ1n) is 8.31. The quantitative estimate of drug-likeness (QED) is 0.413. The third kappa shape index (κ3) is 3.70. The molecule has 2 aliphatic rings. The Kier molecular flexibility index (Phi) is 8.53. The van der Waals surface area contributed by atoms with Crippen LogP contribution >= 0.6 is 0 Å². The van der Waals surface area contributed by atoms with E-state index in [0.29, 0.717) is 5.54 Å². The molecule has 1 heterocycles. The molecule has 1 fully saturated rings. The number of allylic oxidation sites excluding steroid dienone is 1. The summed E-state index contributed by atoms with van der Waals surface area (Å²) in [5.41, 5.74) is 5.49. The topological polar surface area (TPSA) is 0 Å². The third-order valence-electron chi connectivity index (χ3n) is 5.77. The van der Waals surface area contributed by atoms with Gasteiger partial charge in [-0.05, 0) is 0 Å². The van der Waals surface area contributed by atoms with E-state index in [2.05, 4.69) is 82.0 Å². The summed E-state index contributed by atoms with van der Waals surface area (Å²) in [5.74, 6) is 0. The number of hydrogen-bond donors (Lipinski definition) is 0. The molecule has 1 aliphatic heterocycles. The van der Waals surface area contributed by atoms with Gasteiger partial charge in [0.2, 0.25) is 0 Å². The van der Waals surface area contributed by atoms with Crippen LogP contribution in [0.2, 0.25) is 12.1 Å². The van der Waals surface area contributed by atoms with Crippen molar-refractivity contribution in [1.82, 2.24) is 0 Å². The normalized spacial score (nSPS) is 20.2. The van der Waals surface area contributed by atoms with Crippen LogP contribution < -0.4 is 42.4 Å². The number of rotatable bonds is 2. The first kappa shape index (κ1) is 23.0. The van der Waals surface area contributed by atoms with Crippen LogP contribution in [0.1, 0.15) is 36.4 Å². The largest absolute Gasteiger partial charge is 1.00 e. The fraction of sp³-hybridized carbons (Fsp3) is 0.300. The van der Waals surface area contributed by atoms with Gasteiger partial charge in [-0.2, -0.15) is 0 Å². The van der Waals surface area contributed by atoms with E-state index in [4.69, 9.17) is 0 Å². The maximum atomic E-state index is 2.42. The van der Waals surface area contributed by atoms with E-state index in [1.54, 1.807) is 16.3 Å². The van der Waals surface area contributed by atoms with Crippen LogP contribution in [0.15, 0.2) is 60.2 Å². The van der Waals surface area contributed by atoms with E-state index >= 15 is 0 Å². The molecule has 5 heteroatoms. The van der Waals surface area contributed by atoms with E-state index in [1.807, 2.05) is 0 Å². The minimum atomic E-state index is -1.49. The van der Waals surface area contributed by atoms with E-state index in [9.17, 15) is 0 Å². The van der Waals surface area contributed by atoms with Crippen molar-refractivity contribution in [2.45, 2.75) is 37.4 Å². The first-order chi connectivity index (χ1) is 10.7. The van der Waals surface area contributed by atoms with Crippen molar-refractivity contribution in [1.29, 1.82) is 0 Å². The van der Waals surface area contributed by atoms with Gasteiger partial charge in [0, 0.05) is 0 Å². The molecule has 0 aromatic heterocycles. The second kappa shape index (κ2) is 9.26. The molecule has 2 aromatic rings. The van der Waals surface area contributed by atoms with Crippen molar-refractivity contribution >= 4 is 17.1 Å². The number of fused-ring (bicyclic) bond motifs is 1. The molecule has 130 valence electrons. The summed E-state index contributed by atoms with van der Waals surface area (Å²) in [5, 5.41) is 1.68. The summed E-state index contributed by atoms with van der Waals surface area (Å²) in [6.45, 7) is 2.40. The molecular weight excluding hydrogens is 423 g/mol. The van der Waals surface area contributed by atoms with Crippen molar-refractivity contribution in [3.05, 3.63) is 71.3 Å². The molecule has 0 bridgehead atoms. The fourth-order valence-corrected chi connectivity index (χ4v) is 11.8. The molecule has 1 saturated heterocycles. The fourth-order valence-electron chi connectivity index (χ4n) is 4.80. The molecular formula is C20H21Cl3SiTi. The predicted molar refractivity (Wildman–Crippen MR) is 92.5 cm³/mol. The summed E-state index contributed by atoms with van der Waals surface area (Å²) in [4.78, 5) is 0. The molecule has 1 unspecified atom stereocenters. The molecule has 0 nitrogen and oxygen atoms in total. The summed E-state index contributed by atoms with van der Waals surface area (Å²) >= 11 is 2.33. The molecule has 0 radical (unpaired) electrons. The van der Waals surface area contributed by atoms with Gasteiger partial charge < -0.3 is 37.2 Å². The molecule has 1 aliphatic carbocycles. The Bertz CT molecular complexity index is 740. The summed E-state index contributed by atoms with van der Waals surface area (Å²) in [7, 11) is -1.49. The molecule has 25 heavy (non-hydrogen) atoms. The summed E-state index contributed by atoms with van der Waals surface area (Å²) in [6.07, 6.45) is 2.85. The molecule has 0 spiro atoms. The Labute approximate surface area is 182 Å². The van der Waals surface area contributed by atoms with Gasteiger partial charge in [0.15, 0.2) is 0 Å². The van der Waals surface area contributed by atoms with Crippen molar-refractivity contribution in [2.24, 2.45) is 0 Å². The Hall–Kier alpha value is -0.0188. The number of benzene rings is 2. The minimum Gasteiger partial charge on any atom is -1.00 e. The van der Waals surface area contributed by atoms with Gasteiger partial charge in [0.05, 0.1) is 0 Å². The molecule has 0 N–H and O–H groups in total. The molecule has 1 atom stereocenters. The van der Waals surface area contributed by atoms with Crippen LogP contribution in [0.5, 0.6) is 0 Å². The van der Waals surface area contributed by atoms with Gasteiger partial charge in [0.1, 0.15) is 0 Å². The van der Waals surface area contributed by atoms with Crippen LogP contribution in [0, 0.1) is 0 Å².